The highest BCUT2D eigenvalue weighted by molar-refractivity contribution is 7.92. The van der Waals surface area contributed by atoms with Gasteiger partial charge in [-0.25, -0.2) is 16.8 Å². The maximum absolute atomic E-state index is 13.1. The number of hydrogen-bond donors (Lipinski definition) is 2. The van der Waals surface area contributed by atoms with E-state index >= 15 is 0 Å². The van der Waals surface area contributed by atoms with E-state index in [1.54, 1.807) is 0 Å². The van der Waals surface area contributed by atoms with Crippen molar-refractivity contribution in [3.8, 4) is 6.07 Å². The lowest BCUT2D eigenvalue weighted by Gasteiger charge is -2.26. The Balaban J connectivity index is 2.05. The van der Waals surface area contributed by atoms with E-state index in [9.17, 15) is 45.5 Å². The highest BCUT2D eigenvalue weighted by atomic mass is 35.5. The molecule has 3 rings (SSSR count). The molecule has 0 saturated carbocycles. The number of aliphatic hydroxyl groups excluding tert-OH is 1. The number of alkyl halides is 3. The maximum Gasteiger partial charge on any atom is 0.416 e. The van der Waals surface area contributed by atoms with Gasteiger partial charge in [0, 0.05) is 18.1 Å². The molecule has 1 heterocycles. The second-order valence-electron chi connectivity index (χ2n) is 7.37. The molecule has 1 aliphatic rings. The molecule has 0 bridgehead atoms. The van der Waals surface area contributed by atoms with Gasteiger partial charge in [0.15, 0.2) is 9.84 Å². The van der Waals surface area contributed by atoms with Gasteiger partial charge in [-0.05, 0) is 42.5 Å². The minimum atomic E-state index is -4.82. The van der Waals surface area contributed by atoms with Gasteiger partial charge in [0.25, 0.3) is 0 Å². The van der Waals surface area contributed by atoms with E-state index in [1.807, 2.05) is 0 Å². The summed E-state index contributed by atoms with van der Waals surface area (Å²) in [6.07, 6.45) is -4.82. The largest absolute Gasteiger partial charge is 0.416 e. The Kier molecular flexibility index (Phi) is 6.57. The van der Waals surface area contributed by atoms with Crippen LogP contribution in [0.3, 0.4) is 0 Å². The van der Waals surface area contributed by atoms with Gasteiger partial charge >= 0.3 is 6.18 Å². The van der Waals surface area contributed by atoms with Crippen molar-refractivity contribution in [3.05, 3.63) is 58.6 Å². The number of nitriles is 1. The Morgan fingerprint density at radius 1 is 1.15 bits per heavy atom. The molecule has 0 aliphatic carbocycles. The van der Waals surface area contributed by atoms with Gasteiger partial charge in [-0.2, -0.15) is 22.7 Å². The van der Waals surface area contributed by atoms with Crippen molar-refractivity contribution in [1.82, 2.24) is 4.31 Å². The quantitative estimate of drug-likeness (QED) is 0.608. The molecular weight excluding hydrogens is 509 g/mol. The summed E-state index contributed by atoms with van der Waals surface area (Å²) in [6.45, 7) is -2.79. The number of rotatable bonds is 5. The summed E-state index contributed by atoms with van der Waals surface area (Å²) < 4.78 is 91.8. The molecule has 2 aromatic carbocycles. The van der Waals surface area contributed by atoms with E-state index in [0.717, 1.165) is 12.1 Å². The van der Waals surface area contributed by atoms with Gasteiger partial charge in [-0.15, -0.1) is 0 Å². The molecule has 2 N–H and O–H groups in total. The first kappa shape index (κ1) is 25.4. The Morgan fingerprint density at radius 3 is 2.27 bits per heavy atom. The number of nitrogens with zero attached hydrogens (tertiary/aromatic N) is 2. The van der Waals surface area contributed by atoms with E-state index < -0.39 is 72.6 Å². The van der Waals surface area contributed by atoms with Gasteiger partial charge < -0.3 is 10.2 Å². The molecule has 1 unspecified atom stereocenters. The van der Waals surface area contributed by atoms with E-state index in [1.165, 1.54) is 18.2 Å². The molecule has 14 heteroatoms. The van der Waals surface area contributed by atoms with Gasteiger partial charge in [-0.1, -0.05) is 11.6 Å². The lowest BCUT2D eigenvalue weighted by Crippen LogP contribution is -2.49. The van der Waals surface area contributed by atoms with Crippen molar-refractivity contribution in [2.75, 3.05) is 19.7 Å². The lowest BCUT2D eigenvalue weighted by molar-refractivity contribution is -0.137. The Bertz CT molecular complexity index is 1320. The smallest absolute Gasteiger partial charge is 0.393 e. The Labute approximate surface area is 192 Å². The standard InChI is InChI=1S/C19H16ClF3N2O6S2/c20-14-2-4-15(5-3-14)32(28,29)17-9-25(10-18(17,27)11-26)33(30,31)16-6-1-13(19(21,22)23)7-12(16)8-24/h1-7,17,26-27H,9-11H2/t17?,18-/m1/s1. The third kappa shape index (κ3) is 4.59. The first-order valence-electron chi connectivity index (χ1n) is 9.11. The van der Waals surface area contributed by atoms with Crippen LogP contribution >= 0.6 is 11.6 Å². The number of benzene rings is 2. The SMILES string of the molecule is N#Cc1cc(C(F)(F)F)ccc1S(=O)(=O)N1CC(S(=O)(=O)c2ccc(Cl)cc2)[C@](O)(CO)C1. The van der Waals surface area contributed by atoms with Crippen molar-refractivity contribution in [2.24, 2.45) is 0 Å². The van der Waals surface area contributed by atoms with E-state index in [-0.39, 0.29) is 9.92 Å². The number of aliphatic hydroxyl groups is 2. The summed E-state index contributed by atoms with van der Waals surface area (Å²) in [6, 6.07) is 7.68. The van der Waals surface area contributed by atoms with Crippen LogP contribution in [0.1, 0.15) is 11.1 Å². The topological polar surface area (TPSA) is 136 Å². The van der Waals surface area contributed by atoms with Crippen LogP contribution in [0.5, 0.6) is 0 Å². The summed E-state index contributed by atoms with van der Waals surface area (Å²) in [5.41, 5.74) is -4.46. The zero-order valence-corrected chi connectivity index (χ0v) is 18.9. The maximum atomic E-state index is 13.1. The molecule has 1 saturated heterocycles. The summed E-state index contributed by atoms with van der Waals surface area (Å²) in [7, 11) is -9.10. The first-order chi connectivity index (χ1) is 15.2. The predicted molar refractivity (Wildman–Crippen MR) is 109 cm³/mol. The summed E-state index contributed by atoms with van der Waals surface area (Å²) >= 11 is 5.75. The summed E-state index contributed by atoms with van der Waals surface area (Å²) in [5.74, 6) is 0. The van der Waals surface area contributed by atoms with Crippen molar-refractivity contribution in [1.29, 1.82) is 5.26 Å². The normalized spacial score (nSPS) is 22.3. The lowest BCUT2D eigenvalue weighted by atomic mass is 10.1. The molecule has 0 spiro atoms. The van der Waals surface area contributed by atoms with Crippen LogP contribution in [0, 0.1) is 11.3 Å². The molecule has 178 valence electrons. The zero-order valence-electron chi connectivity index (χ0n) is 16.5. The molecule has 8 nitrogen and oxygen atoms in total. The van der Waals surface area contributed by atoms with Gasteiger partial charge in [0.05, 0.1) is 27.5 Å². The minimum absolute atomic E-state index is 0.230. The monoisotopic (exact) mass is 524 g/mol. The zero-order chi connectivity index (χ0) is 24.8. The molecular formula is C19H16ClF3N2O6S2. The number of β-amino-alcohol motifs (C(OH)–C–C–N with tert-alkyl or cyclic N) is 1. The molecule has 1 aliphatic heterocycles. The molecule has 1 fully saturated rings. The highest BCUT2D eigenvalue weighted by Crippen LogP contribution is 2.37. The van der Waals surface area contributed by atoms with Crippen molar-refractivity contribution >= 4 is 31.5 Å². The van der Waals surface area contributed by atoms with Crippen LogP contribution in [0.15, 0.2) is 52.3 Å². The van der Waals surface area contributed by atoms with Crippen LogP contribution in [0.4, 0.5) is 13.2 Å². The fourth-order valence-corrected chi connectivity index (χ4v) is 7.30. The average Bonchev–Trinajstić information content (AvgIpc) is 3.12. The molecule has 33 heavy (non-hydrogen) atoms. The van der Waals surface area contributed by atoms with E-state index in [4.69, 9.17) is 11.6 Å². The van der Waals surface area contributed by atoms with E-state index in [0.29, 0.717) is 22.5 Å². The fraction of sp³-hybridized carbons (Fsp3) is 0.316. The second kappa shape index (κ2) is 8.53. The van der Waals surface area contributed by atoms with Crippen LogP contribution < -0.4 is 0 Å². The van der Waals surface area contributed by atoms with E-state index in [2.05, 4.69) is 0 Å². The first-order valence-corrected chi connectivity index (χ1v) is 12.5. The van der Waals surface area contributed by atoms with Gasteiger partial charge in [0.1, 0.15) is 16.9 Å². The fourth-order valence-electron chi connectivity index (χ4n) is 3.49. The van der Waals surface area contributed by atoms with Crippen molar-refractivity contribution in [3.63, 3.8) is 0 Å². The summed E-state index contributed by atoms with van der Waals surface area (Å²) in [4.78, 5) is -1.07. The number of sulfone groups is 1. The molecule has 2 aromatic rings. The number of sulfonamides is 1. The molecule has 2 atom stereocenters. The summed E-state index contributed by atoms with van der Waals surface area (Å²) in [5, 5.41) is 28.1. The second-order valence-corrected chi connectivity index (χ2v) is 11.8. The van der Waals surface area contributed by atoms with Crippen molar-refractivity contribution < 1.29 is 40.2 Å². The predicted octanol–water partition coefficient (Wildman–Crippen LogP) is 1.80. The number of hydrogen-bond acceptors (Lipinski definition) is 7. The van der Waals surface area contributed by atoms with Crippen LogP contribution in [0.2, 0.25) is 5.02 Å². The van der Waals surface area contributed by atoms with Crippen LogP contribution in [0.25, 0.3) is 0 Å². The van der Waals surface area contributed by atoms with Gasteiger partial charge in [-0.3, -0.25) is 0 Å². The number of halogens is 4. The molecule has 0 radical (unpaired) electrons. The minimum Gasteiger partial charge on any atom is -0.393 e. The Morgan fingerprint density at radius 2 is 1.76 bits per heavy atom. The van der Waals surface area contributed by atoms with Crippen molar-refractivity contribution in [2.45, 2.75) is 26.8 Å². The molecule has 0 amide bonds. The third-order valence-corrected chi connectivity index (χ3v) is 9.64. The molecule has 0 aromatic heterocycles. The van der Waals surface area contributed by atoms with Crippen LogP contribution in [-0.2, 0) is 26.0 Å². The van der Waals surface area contributed by atoms with Crippen LogP contribution in [-0.4, -0.2) is 61.9 Å². The third-order valence-electron chi connectivity index (χ3n) is 5.25. The van der Waals surface area contributed by atoms with Gasteiger partial charge in [0.2, 0.25) is 10.0 Å². The Hall–Kier alpha value is -2.21. The average molecular weight is 525 g/mol. The highest BCUT2D eigenvalue weighted by Gasteiger charge is 2.55.